The van der Waals surface area contributed by atoms with Crippen LogP contribution in [-0.4, -0.2) is 6.54 Å². The molecule has 0 saturated heterocycles. The Labute approximate surface area is 149 Å². The van der Waals surface area contributed by atoms with E-state index in [1.165, 1.54) is 76.2 Å². The van der Waals surface area contributed by atoms with Crippen molar-refractivity contribution >= 4 is 12.4 Å². The Morgan fingerprint density at radius 3 is 1.74 bits per heavy atom. The molecule has 134 valence electrons. The van der Waals surface area contributed by atoms with E-state index in [4.69, 9.17) is 11.5 Å². The summed E-state index contributed by atoms with van der Waals surface area (Å²) in [5.74, 6) is 0. The van der Waals surface area contributed by atoms with E-state index in [2.05, 4.69) is 31.2 Å². The van der Waals surface area contributed by atoms with E-state index in [0.29, 0.717) is 6.54 Å². The van der Waals surface area contributed by atoms with Crippen molar-refractivity contribution in [3.63, 3.8) is 0 Å². The minimum absolute atomic E-state index is 0. The Bertz CT molecular complexity index is 364. The third-order valence-corrected chi connectivity index (χ3v) is 4.48. The lowest BCUT2D eigenvalue weighted by atomic mass is 10.0. The van der Waals surface area contributed by atoms with Gasteiger partial charge in [0.1, 0.15) is 0 Å². The molecule has 0 aliphatic rings. The first kappa shape index (κ1) is 22.4. The van der Waals surface area contributed by atoms with E-state index in [-0.39, 0.29) is 18.4 Å². The Hall–Kier alpha value is -0.570. The molecule has 0 aliphatic carbocycles. The lowest BCUT2D eigenvalue weighted by molar-refractivity contribution is 0.556. The molecule has 0 fully saturated rings. The fraction of sp³-hybridized carbons (Fsp3) is 0.700. The summed E-state index contributed by atoms with van der Waals surface area (Å²) in [5.41, 5.74) is 14.1. The number of hydrogen-bond acceptors (Lipinski definition) is 2. The van der Waals surface area contributed by atoms with Gasteiger partial charge in [-0.05, 0) is 24.0 Å². The normalized spacial score (nSPS) is 12.0. The SMILES string of the molecule is CCCCCCCCCCCCc1ccc(C(N)CN)cc1.Cl. The Kier molecular flexibility index (Phi) is 14.6. The van der Waals surface area contributed by atoms with Crippen LogP contribution >= 0.6 is 12.4 Å². The van der Waals surface area contributed by atoms with Crippen molar-refractivity contribution in [2.45, 2.75) is 83.6 Å². The monoisotopic (exact) mass is 340 g/mol. The van der Waals surface area contributed by atoms with E-state index in [9.17, 15) is 0 Å². The molecule has 0 heterocycles. The number of rotatable bonds is 13. The van der Waals surface area contributed by atoms with Crippen molar-refractivity contribution in [2.24, 2.45) is 11.5 Å². The van der Waals surface area contributed by atoms with Gasteiger partial charge in [0.15, 0.2) is 0 Å². The van der Waals surface area contributed by atoms with Crippen molar-refractivity contribution < 1.29 is 0 Å². The smallest absolute Gasteiger partial charge is 0.0419 e. The van der Waals surface area contributed by atoms with E-state index >= 15 is 0 Å². The van der Waals surface area contributed by atoms with Gasteiger partial charge < -0.3 is 11.5 Å². The number of unbranched alkanes of at least 4 members (excludes halogenated alkanes) is 9. The molecule has 0 radical (unpaired) electrons. The van der Waals surface area contributed by atoms with Gasteiger partial charge in [0.05, 0.1) is 0 Å². The van der Waals surface area contributed by atoms with Crippen molar-refractivity contribution in [3.8, 4) is 0 Å². The minimum Gasteiger partial charge on any atom is -0.329 e. The molecule has 0 bridgehead atoms. The fourth-order valence-electron chi connectivity index (χ4n) is 2.88. The molecule has 0 spiro atoms. The van der Waals surface area contributed by atoms with Crippen LogP contribution in [0.2, 0.25) is 0 Å². The standard InChI is InChI=1S/C20H36N2.ClH/c1-2-3-4-5-6-7-8-9-10-11-12-18-13-15-19(16-14-18)20(22)17-21;/h13-16,20H,2-12,17,21-22H2,1H3;1H. The van der Waals surface area contributed by atoms with E-state index in [1.54, 1.807) is 0 Å². The molecule has 0 saturated carbocycles. The van der Waals surface area contributed by atoms with Gasteiger partial charge in [0.25, 0.3) is 0 Å². The van der Waals surface area contributed by atoms with Crippen LogP contribution in [0.25, 0.3) is 0 Å². The second-order valence-corrected chi connectivity index (χ2v) is 6.52. The van der Waals surface area contributed by atoms with Gasteiger partial charge in [-0.25, -0.2) is 0 Å². The van der Waals surface area contributed by atoms with E-state index < -0.39 is 0 Å². The highest BCUT2D eigenvalue weighted by molar-refractivity contribution is 5.85. The zero-order chi connectivity index (χ0) is 16.0. The van der Waals surface area contributed by atoms with Crippen LogP contribution in [0.3, 0.4) is 0 Å². The summed E-state index contributed by atoms with van der Waals surface area (Å²) in [6.45, 7) is 2.79. The van der Waals surface area contributed by atoms with Crippen LogP contribution in [0.15, 0.2) is 24.3 Å². The van der Waals surface area contributed by atoms with Crippen molar-refractivity contribution in [1.82, 2.24) is 0 Å². The quantitative estimate of drug-likeness (QED) is 0.464. The lowest BCUT2D eigenvalue weighted by Gasteiger charge is -2.09. The molecule has 1 aromatic rings. The highest BCUT2D eigenvalue weighted by Gasteiger charge is 2.02. The zero-order valence-electron chi connectivity index (χ0n) is 14.9. The van der Waals surface area contributed by atoms with Crippen LogP contribution in [0.1, 0.15) is 88.3 Å². The van der Waals surface area contributed by atoms with Gasteiger partial charge in [-0.1, -0.05) is 89.0 Å². The Morgan fingerprint density at radius 1 is 0.783 bits per heavy atom. The minimum atomic E-state index is -0.0219. The van der Waals surface area contributed by atoms with Gasteiger partial charge in [-0.3, -0.25) is 0 Å². The summed E-state index contributed by atoms with van der Waals surface area (Å²) in [4.78, 5) is 0. The molecule has 0 amide bonds. The van der Waals surface area contributed by atoms with Gasteiger partial charge in [0.2, 0.25) is 0 Å². The summed E-state index contributed by atoms with van der Waals surface area (Å²) < 4.78 is 0. The third-order valence-electron chi connectivity index (χ3n) is 4.48. The molecule has 2 nitrogen and oxygen atoms in total. The van der Waals surface area contributed by atoms with E-state index in [0.717, 1.165) is 5.56 Å². The maximum atomic E-state index is 5.93. The summed E-state index contributed by atoms with van der Waals surface area (Å²) in [5, 5.41) is 0. The number of hydrogen-bond donors (Lipinski definition) is 2. The van der Waals surface area contributed by atoms with Crippen molar-refractivity contribution in [1.29, 1.82) is 0 Å². The molecule has 3 heteroatoms. The number of aryl methyl sites for hydroxylation is 1. The molecule has 23 heavy (non-hydrogen) atoms. The van der Waals surface area contributed by atoms with Crippen LogP contribution in [0.4, 0.5) is 0 Å². The highest BCUT2D eigenvalue weighted by Crippen LogP contribution is 2.14. The predicted octanol–water partition coefficient (Wildman–Crippen LogP) is 5.53. The topological polar surface area (TPSA) is 52.0 Å². The molecule has 4 N–H and O–H groups in total. The summed E-state index contributed by atoms with van der Waals surface area (Å²) >= 11 is 0. The van der Waals surface area contributed by atoms with Crippen molar-refractivity contribution in [3.05, 3.63) is 35.4 Å². The second kappa shape index (κ2) is 15.0. The zero-order valence-corrected chi connectivity index (χ0v) is 15.8. The Balaban J connectivity index is 0.00000484. The molecule has 1 aromatic carbocycles. The van der Waals surface area contributed by atoms with Crippen LogP contribution < -0.4 is 11.5 Å². The van der Waals surface area contributed by atoms with Crippen LogP contribution in [-0.2, 0) is 6.42 Å². The first-order valence-electron chi connectivity index (χ1n) is 9.32. The third kappa shape index (κ3) is 10.8. The largest absolute Gasteiger partial charge is 0.329 e. The number of benzene rings is 1. The average Bonchev–Trinajstić information content (AvgIpc) is 2.56. The van der Waals surface area contributed by atoms with Gasteiger partial charge in [-0.2, -0.15) is 0 Å². The van der Waals surface area contributed by atoms with Gasteiger partial charge in [-0.15, -0.1) is 12.4 Å². The summed E-state index contributed by atoms with van der Waals surface area (Å²) in [6.07, 6.45) is 15.1. The second-order valence-electron chi connectivity index (χ2n) is 6.52. The molecule has 1 rings (SSSR count). The van der Waals surface area contributed by atoms with Crippen LogP contribution in [0.5, 0.6) is 0 Å². The number of halogens is 1. The summed E-state index contributed by atoms with van der Waals surface area (Å²) in [7, 11) is 0. The maximum Gasteiger partial charge on any atom is 0.0419 e. The predicted molar refractivity (Wildman–Crippen MR) is 105 cm³/mol. The molecule has 0 aromatic heterocycles. The fourth-order valence-corrected chi connectivity index (χ4v) is 2.88. The highest BCUT2D eigenvalue weighted by atomic mass is 35.5. The number of nitrogens with two attached hydrogens (primary N) is 2. The van der Waals surface area contributed by atoms with Crippen LogP contribution in [0, 0.1) is 0 Å². The summed E-state index contributed by atoms with van der Waals surface area (Å²) in [6, 6.07) is 8.65. The molecule has 1 atom stereocenters. The van der Waals surface area contributed by atoms with E-state index in [1.807, 2.05) is 0 Å². The first-order chi connectivity index (χ1) is 10.8. The maximum absolute atomic E-state index is 5.93. The van der Waals surface area contributed by atoms with Gasteiger partial charge >= 0.3 is 0 Å². The first-order valence-corrected chi connectivity index (χ1v) is 9.32. The van der Waals surface area contributed by atoms with Crippen molar-refractivity contribution in [2.75, 3.05) is 6.54 Å². The molecular weight excluding hydrogens is 304 g/mol. The lowest BCUT2D eigenvalue weighted by Crippen LogP contribution is -2.20. The molecular formula is C20H37ClN2. The molecule has 0 aliphatic heterocycles. The Morgan fingerprint density at radius 2 is 1.26 bits per heavy atom. The van der Waals surface area contributed by atoms with Gasteiger partial charge in [0, 0.05) is 12.6 Å². The molecule has 1 unspecified atom stereocenters. The average molecular weight is 341 g/mol.